The monoisotopic (exact) mass is 491 g/mol. The number of aryl methyl sites for hydroxylation is 1. The number of benzene rings is 1. The highest BCUT2D eigenvalue weighted by Crippen LogP contribution is 2.63. The van der Waals surface area contributed by atoms with Crippen LogP contribution in [0.4, 0.5) is 4.79 Å². The van der Waals surface area contributed by atoms with Gasteiger partial charge in [0.15, 0.2) is 0 Å². The summed E-state index contributed by atoms with van der Waals surface area (Å²) in [5.41, 5.74) is 0.266. The summed E-state index contributed by atoms with van der Waals surface area (Å²) in [6, 6.07) is 6.76. The number of nitrogens with one attached hydrogen (secondary N) is 1. The third-order valence-electron chi connectivity index (χ3n) is 8.88. The van der Waals surface area contributed by atoms with Crippen LogP contribution in [-0.2, 0) is 19.0 Å². The van der Waals surface area contributed by atoms with Gasteiger partial charge in [0.1, 0.15) is 5.60 Å². The van der Waals surface area contributed by atoms with E-state index in [0.29, 0.717) is 18.3 Å². The molecule has 0 aliphatic heterocycles. The lowest BCUT2D eigenvalue weighted by Gasteiger charge is -2.62. The number of carbonyl (C=O) groups excluding carboxylic acids is 1. The lowest BCUT2D eigenvalue weighted by Crippen LogP contribution is -2.63. The number of ether oxygens (including phenoxy) is 1. The molecule has 0 heterocycles. The summed E-state index contributed by atoms with van der Waals surface area (Å²) >= 11 is 0. The number of amides is 1. The average Bonchev–Trinajstić information content (AvgIpc) is 2.71. The Labute approximate surface area is 205 Å². The summed E-state index contributed by atoms with van der Waals surface area (Å²) in [5.74, 6) is 1.41. The molecule has 1 aromatic carbocycles. The maximum absolute atomic E-state index is 13.0. The zero-order valence-corrected chi connectivity index (χ0v) is 22.2. The van der Waals surface area contributed by atoms with E-state index in [1.807, 2.05) is 20.8 Å². The molecule has 6 nitrogen and oxygen atoms in total. The largest absolute Gasteiger partial charge is 0.443 e. The van der Waals surface area contributed by atoms with Crippen LogP contribution in [0, 0.1) is 30.1 Å². The van der Waals surface area contributed by atoms with Gasteiger partial charge in [0, 0.05) is 5.54 Å². The molecule has 190 valence electrons. The van der Waals surface area contributed by atoms with Crippen molar-refractivity contribution in [3.63, 3.8) is 0 Å². The van der Waals surface area contributed by atoms with E-state index in [1.54, 1.807) is 24.3 Å². The summed E-state index contributed by atoms with van der Waals surface area (Å²) in [4.78, 5) is 13.2. The van der Waals surface area contributed by atoms with Gasteiger partial charge in [0.2, 0.25) is 0 Å². The molecule has 7 heteroatoms. The molecule has 1 amide bonds. The Morgan fingerprint density at radius 2 is 1.76 bits per heavy atom. The SMILES string of the molecule is CCC(C)C(C)(C)OC(=O)NC12CC3CC(CC(CCOS(=O)(=O)c4ccc(C)cc4)(C3)C1)C2. The van der Waals surface area contributed by atoms with Crippen molar-refractivity contribution in [3.05, 3.63) is 29.8 Å². The molecule has 34 heavy (non-hydrogen) atoms. The van der Waals surface area contributed by atoms with E-state index in [-0.39, 0.29) is 34.5 Å². The second kappa shape index (κ2) is 9.12. The normalized spacial score (nSPS) is 31.3. The van der Waals surface area contributed by atoms with Gasteiger partial charge in [0.05, 0.1) is 11.5 Å². The van der Waals surface area contributed by atoms with E-state index in [4.69, 9.17) is 8.92 Å². The van der Waals surface area contributed by atoms with Crippen molar-refractivity contribution in [1.82, 2.24) is 5.32 Å². The van der Waals surface area contributed by atoms with Crippen molar-refractivity contribution in [2.45, 2.75) is 102 Å². The van der Waals surface area contributed by atoms with Crippen molar-refractivity contribution in [3.8, 4) is 0 Å². The molecule has 0 radical (unpaired) electrons. The van der Waals surface area contributed by atoms with Gasteiger partial charge in [-0.15, -0.1) is 0 Å². The molecular formula is C27H41NO5S. The summed E-state index contributed by atoms with van der Waals surface area (Å²) in [7, 11) is -3.77. The molecule has 0 saturated heterocycles. The number of alkyl carbamates (subject to hydrolysis) is 1. The number of carbonyl (C=O) groups is 1. The van der Waals surface area contributed by atoms with Crippen LogP contribution in [0.2, 0.25) is 0 Å². The standard InChI is InChI=1S/C27H41NO5S/c1-6-20(3)25(4,5)33-24(29)28-27-16-21-13-22(17-27)15-26(14-21,18-27)11-12-32-34(30,31)23-9-7-19(2)8-10-23/h7-10,20-22H,6,11-18H2,1-5H3,(H,28,29). The van der Waals surface area contributed by atoms with Crippen LogP contribution in [0.3, 0.4) is 0 Å². The summed E-state index contributed by atoms with van der Waals surface area (Å²) in [5, 5.41) is 3.30. The Bertz CT molecular complexity index is 986. The fourth-order valence-electron chi connectivity index (χ4n) is 7.10. The Morgan fingerprint density at radius 3 is 2.35 bits per heavy atom. The van der Waals surface area contributed by atoms with E-state index >= 15 is 0 Å². The second-order valence-corrected chi connectivity index (χ2v) is 13.6. The molecule has 1 aromatic rings. The molecule has 3 unspecified atom stereocenters. The Kier molecular flexibility index (Phi) is 6.84. The fraction of sp³-hybridized carbons (Fsp3) is 0.741. The molecule has 0 aromatic heterocycles. The number of rotatable bonds is 9. The highest BCUT2D eigenvalue weighted by atomic mass is 32.2. The molecule has 4 aliphatic carbocycles. The van der Waals surface area contributed by atoms with Gasteiger partial charge in [-0.1, -0.05) is 31.5 Å². The first-order valence-corrected chi connectivity index (χ1v) is 14.2. The van der Waals surface area contributed by atoms with Crippen molar-refractivity contribution in [2.24, 2.45) is 23.2 Å². The van der Waals surface area contributed by atoms with Crippen molar-refractivity contribution >= 4 is 16.2 Å². The highest BCUT2D eigenvalue weighted by Gasteiger charge is 2.58. The van der Waals surface area contributed by atoms with Crippen molar-refractivity contribution in [1.29, 1.82) is 0 Å². The molecule has 4 aliphatic rings. The first-order chi connectivity index (χ1) is 15.9. The average molecular weight is 492 g/mol. The first kappa shape index (κ1) is 25.5. The van der Waals surface area contributed by atoms with Crippen LogP contribution >= 0.6 is 0 Å². The van der Waals surface area contributed by atoms with Crippen molar-refractivity contribution < 1.29 is 22.1 Å². The van der Waals surface area contributed by atoms with Gasteiger partial charge in [-0.05, 0) is 107 Å². The molecule has 0 spiro atoms. The van der Waals surface area contributed by atoms with Gasteiger partial charge < -0.3 is 10.1 Å². The second-order valence-electron chi connectivity index (χ2n) is 12.0. The summed E-state index contributed by atoms with van der Waals surface area (Å²) in [6.45, 7) is 10.3. The quantitative estimate of drug-likeness (QED) is 0.430. The van der Waals surface area contributed by atoms with E-state index in [1.165, 1.54) is 6.42 Å². The Hall–Kier alpha value is -1.60. The van der Waals surface area contributed by atoms with Crippen molar-refractivity contribution in [2.75, 3.05) is 6.61 Å². The van der Waals surface area contributed by atoms with Crippen LogP contribution in [-0.4, -0.2) is 32.3 Å². The van der Waals surface area contributed by atoms with E-state index in [9.17, 15) is 13.2 Å². The minimum absolute atomic E-state index is 0.0202. The minimum Gasteiger partial charge on any atom is -0.443 e. The van der Waals surface area contributed by atoms with Crippen LogP contribution in [0.15, 0.2) is 29.2 Å². The smallest absolute Gasteiger partial charge is 0.408 e. The van der Waals surface area contributed by atoms with Crippen LogP contribution < -0.4 is 5.32 Å². The Balaban J connectivity index is 1.40. The molecular weight excluding hydrogens is 450 g/mol. The lowest BCUT2D eigenvalue weighted by molar-refractivity contribution is -0.0913. The molecule has 4 saturated carbocycles. The van der Waals surface area contributed by atoms with Gasteiger partial charge in [-0.25, -0.2) is 4.79 Å². The van der Waals surface area contributed by atoms with E-state index in [2.05, 4.69) is 19.2 Å². The summed E-state index contributed by atoms with van der Waals surface area (Å²) in [6.07, 6.45) is 7.58. The lowest BCUT2D eigenvalue weighted by atomic mass is 9.46. The maximum Gasteiger partial charge on any atom is 0.408 e. The zero-order valence-electron chi connectivity index (χ0n) is 21.4. The molecule has 1 N–H and O–H groups in total. The number of hydrogen-bond donors (Lipinski definition) is 1. The van der Waals surface area contributed by atoms with Gasteiger partial charge >= 0.3 is 6.09 Å². The Morgan fingerprint density at radius 1 is 1.15 bits per heavy atom. The fourth-order valence-corrected chi connectivity index (χ4v) is 8.01. The van der Waals surface area contributed by atoms with Gasteiger partial charge in [0.25, 0.3) is 10.1 Å². The van der Waals surface area contributed by atoms with Gasteiger partial charge in [-0.2, -0.15) is 8.42 Å². The predicted octanol–water partition coefficient (Wildman–Crippen LogP) is 5.98. The maximum atomic E-state index is 13.0. The molecule has 4 fully saturated rings. The minimum atomic E-state index is -3.77. The topological polar surface area (TPSA) is 81.7 Å². The first-order valence-electron chi connectivity index (χ1n) is 12.8. The van der Waals surface area contributed by atoms with Crippen LogP contribution in [0.25, 0.3) is 0 Å². The molecule has 4 bridgehead atoms. The van der Waals surface area contributed by atoms with E-state index < -0.39 is 15.7 Å². The summed E-state index contributed by atoms with van der Waals surface area (Å²) < 4.78 is 36.7. The highest BCUT2D eigenvalue weighted by molar-refractivity contribution is 7.86. The zero-order chi connectivity index (χ0) is 24.8. The predicted molar refractivity (Wildman–Crippen MR) is 132 cm³/mol. The van der Waals surface area contributed by atoms with E-state index in [0.717, 1.165) is 44.1 Å². The molecule has 3 atom stereocenters. The molecule has 5 rings (SSSR count). The van der Waals surface area contributed by atoms with Crippen LogP contribution in [0.1, 0.15) is 84.6 Å². The number of hydrogen-bond acceptors (Lipinski definition) is 5. The third kappa shape index (κ3) is 5.30. The van der Waals surface area contributed by atoms with Gasteiger partial charge in [-0.3, -0.25) is 4.18 Å². The van der Waals surface area contributed by atoms with Crippen LogP contribution in [0.5, 0.6) is 0 Å². The third-order valence-corrected chi connectivity index (χ3v) is 10.2.